The Morgan fingerprint density at radius 2 is 2.06 bits per heavy atom. The Hall–Kier alpha value is -0.830. The molecule has 98 valence electrons. The molecule has 3 nitrogen and oxygen atoms in total. The zero-order chi connectivity index (χ0) is 12.9. The van der Waals surface area contributed by atoms with Gasteiger partial charge in [0.05, 0.1) is 0 Å². The van der Waals surface area contributed by atoms with Crippen LogP contribution in [0.3, 0.4) is 0 Å². The van der Waals surface area contributed by atoms with Crippen LogP contribution in [0.4, 0.5) is 0 Å². The van der Waals surface area contributed by atoms with Gasteiger partial charge in [-0.3, -0.25) is 4.90 Å². The average molecular weight is 239 g/mol. The molecule has 0 saturated carbocycles. The van der Waals surface area contributed by atoms with E-state index in [0.717, 1.165) is 25.6 Å². The number of likely N-dealkylation sites (tertiary alicyclic amines) is 1. The van der Waals surface area contributed by atoms with E-state index < -0.39 is 5.97 Å². The summed E-state index contributed by atoms with van der Waals surface area (Å²) in [6.45, 7) is 9.90. The molecule has 1 fully saturated rings. The molecule has 1 atom stereocenters. The normalized spacial score (nSPS) is 23.8. The molecule has 0 amide bonds. The lowest BCUT2D eigenvalue weighted by Gasteiger charge is -2.29. The van der Waals surface area contributed by atoms with E-state index in [1.54, 1.807) is 6.08 Å². The molecule has 3 heteroatoms. The van der Waals surface area contributed by atoms with Crippen LogP contribution in [0.5, 0.6) is 0 Å². The third-order valence-corrected chi connectivity index (χ3v) is 3.67. The maximum atomic E-state index is 10.4. The van der Waals surface area contributed by atoms with Crippen LogP contribution in [0, 0.1) is 11.3 Å². The van der Waals surface area contributed by atoms with Gasteiger partial charge in [0.15, 0.2) is 0 Å². The van der Waals surface area contributed by atoms with Crippen molar-refractivity contribution in [3.05, 3.63) is 12.2 Å². The Kier molecular flexibility index (Phi) is 5.19. The number of aliphatic carboxylic acids is 1. The smallest absolute Gasteiger partial charge is 0.328 e. The van der Waals surface area contributed by atoms with Crippen LogP contribution in [-0.2, 0) is 4.79 Å². The highest BCUT2D eigenvalue weighted by molar-refractivity contribution is 5.79. The topological polar surface area (TPSA) is 40.5 Å². The van der Waals surface area contributed by atoms with Gasteiger partial charge in [0.1, 0.15) is 0 Å². The van der Waals surface area contributed by atoms with Crippen LogP contribution >= 0.6 is 0 Å². The van der Waals surface area contributed by atoms with E-state index in [0.29, 0.717) is 5.41 Å². The summed E-state index contributed by atoms with van der Waals surface area (Å²) in [6, 6.07) is 0. The van der Waals surface area contributed by atoms with Gasteiger partial charge in [-0.15, -0.1) is 0 Å². The summed E-state index contributed by atoms with van der Waals surface area (Å²) in [5.74, 6) is -0.0663. The van der Waals surface area contributed by atoms with Gasteiger partial charge in [-0.1, -0.05) is 26.8 Å². The SMILES string of the molecule is CC(C)(C)C1CCCN(C/C=C/C(=O)O)CC1. The quantitative estimate of drug-likeness (QED) is 0.770. The highest BCUT2D eigenvalue weighted by Gasteiger charge is 2.26. The molecular weight excluding hydrogens is 214 g/mol. The lowest BCUT2D eigenvalue weighted by molar-refractivity contribution is -0.131. The maximum Gasteiger partial charge on any atom is 0.328 e. The lowest BCUT2D eigenvalue weighted by atomic mass is 9.77. The molecule has 1 rings (SSSR count). The van der Waals surface area contributed by atoms with Crippen LogP contribution in [0.1, 0.15) is 40.0 Å². The summed E-state index contributed by atoms with van der Waals surface area (Å²) in [4.78, 5) is 12.7. The summed E-state index contributed by atoms with van der Waals surface area (Å²) >= 11 is 0. The molecule has 1 unspecified atom stereocenters. The fraction of sp³-hybridized carbons (Fsp3) is 0.786. The molecule has 0 aromatic heterocycles. The van der Waals surface area contributed by atoms with Crippen LogP contribution in [0.15, 0.2) is 12.2 Å². The number of nitrogens with zero attached hydrogens (tertiary/aromatic N) is 1. The summed E-state index contributed by atoms with van der Waals surface area (Å²) in [5, 5.41) is 8.54. The fourth-order valence-corrected chi connectivity index (χ4v) is 2.51. The second-order valence-electron chi connectivity index (χ2n) is 6.04. The molecule has 0 aromatic carbocycles. The minimum Gasteiger partial charge on any atom is -0.478 e. The number of hydrogen-bond donors (Lipinski definition) is 1. The van der Waals surface area contributed by atoms with Crippen LogP contribution < -0.4 is 0 Å². The predicted molar refractivity (Wildman–Crippen MR) is 70.0 cm³/mol. The first-order chi connectivity index (χ1) is 7.89. The molecule has 0 aromatic rings. The molecule has 0 radical (unpaired) electrons. The van der Waals surface area contributed by atoms with E-state index in [-0.39, 0.29) is 0 Å². The van der Waals surface area contributed by atoms with E-state index in [1.807, 2.05) is 0 Å². The second kappa shape index (κ2) is 6.20. The van der Waals surface area contributed by atoms with Crippen molar-refractivity contribution in [3.8, 4) is 0 Å². The second-order valence-corrected chi connectivity index (χ2v) is 6.04. The van der Waals surface area contributed by atoms with E-state index >= 15 is 0 Å². The standard InChI is InChI=1S/C14H25NO2/c1-14(2,3)12-6-4-9-15(11-8-12)10-5-7-13(16)17/h5,7,12H,4,6,8-11H2,1-3H3,(H,16,17)/b7-5+. The van der Waals surface area contributed by atoms with Crippen LogP contribution in [0.2, 0.25) is 0 Å². The Bertz CT molecular complexity index is 278. The lowest BCUT2D eigenvalue weighted by Crippen LogP contribution is -2.26. The van der Waals surface area contributed by atoms with Crippen molar-refractivity contribution in [1.82, 2.24) is 4.90 Å². The Labute approximate surface area is 105 Å². The monoisotopic (exact) mass is 239 g/mol. The minimum atomic E-state index is -0.854. The summed E-state index contributed by atoms with van der Waals surface area (Å²) in [5.41, 5.74) is 0.396. The van der Waals surface area contributed by atoms with Crippen molar-refractivity contribution in [2.75, 3.05) is 19.6 Å². The highest BCUT2D eigenvalue weighted by atomic mass is 16.4. The Morgan fingerprint density at radius 3 is 2.65 bits per heavy atom. The molecule has 17 heavy (non-hydrogen) atoms. The van der Waals surface area contributed by atoms with Crippen molar-refractivity contribution in [1.29, 1.82) is 0 Å². The first-order valence-corrected chi connectivity index (χ1v) is 6.51. The molecule has 1 N–H and O–H groups in total. The van der Waals surface area contributed by atoms with Crippen molar-refractivity contribution in [2.45, 2.75) is 40.0 Å². The van der Waals surface area contributed by atoms with Crippen LogP contribution in [-0.4, -0.2) is 35.6 Å². The van der Waals surface area contributed by atoms with Gasteiger partial charge < -0.3 is 5.11 Å². The predicted octanol–water partition coefficient (Wildman–Crippen LogP) is 2.78. The third kappa shape index (κ3) is 5.35. The minimum absolute atomic E-state index is 0.396. The molecule has 1 aliphatic heterocycles. The van der Waals surface area contributed by atoms with Gasteiger partial charge in [0.2, 0.25) is 0 Å². The molecule has 1 aliphatic rings. The molecule has 0 aliphatic carbocycles. The molecule has 1 heterocycles. The number of carboxylic acid groups (broad SMARTS) is 1. The first-order valence-electron chi connectivity index (χ1n) is 6.51. The number of carboxylic acids is 1. The van der Waals surface area contributed by atoms with Crippen molar-refractivity contribution >= 4 is 5.97 Å². The Morgan fingerprint density at radius 1 is 1.35 bits per heavy atom. The zero-order valence-corrected chi connectivity index (χ0v) is 11.3. The van der Waals surface area contributed by atoms with Gasteiger partial charge in [-0.2, -0.15) is 0 Å². The summed E-state index contributed by atoms with van der Waals surface area (Å²) < 4.78 is 0. The van der Waals surface area contributed by atoms with E-state index in [9.17, 15) is 4.79 Å². The van der Waals surface area contributed by atoms with Gasteiger partial charge >= 0.3 is 5.97 Å². The molecule has 0 spiro atoms. The Balaban J connectivity index is 2.40. The van der Waals surface area contributed by atoms with Crippen molar-refractivity contribution in [2.24, 2.45) is 11.3 Å². The molecular formula is C14H25NO2. The van der Waals surface area contributed by atoms with Gasteiger partial charge in [0.25, 0.3) is 0 Å². The van der Waals surface area contributed by atoms with E-state index in [2.05, 4.69) is 25.7 Å². The first kappa shape index (κ1) is 14.2. The fourth-order valence-electron chi connectivity index (χ4n) is 2.51. The van der Waals surface area contributed by atoms with E-state index in [4.69, 9.17) is 5.11 Å². The van der Waals surface area contributed by atoms with E-state index in [1.165, 1.54) is 25.3 Å². The van der Waals surface area contributed by atoms with Gasteiger partial charge in [-0.25, -0.2) is 4.79 Å². The van der Waals surface area contributed by atoms with Gasteiger partial charge in [-0.05, 0) is 43.7 Å². The largest absolute Gasteiger partial charge is 0.478 e. The summed E-state index contributed by atoms with van der Waals surface area (Å²) in [7, 11) is 0. The maximum absolute atomic E-state index is 10.4. The molecule has 1 saturated heterocycles. The third-order valence-electron chi connectivity index (χ3n) is 3.67. The summed E-state index contributed by atoms with van der Waals surface area (Å²) in [6.07, 6.45) is 6.74. The van der Waals surface area contributed by atoms with Crippen molar-refractivity contribution < 1.29 is 9.90 Å². The number of carbonyl (C=O) groups is 1. The zero-order valence-electron chi connectivity index (χ0n) is 11.3. The van der Waals surface area contributed by atoms with Crippen molar-refractivity contribution in [3.63, 3.8) is 0 Å². The van der Waals surface area contributed by atoms with Gasteiger partial charge in [0, 0.05) is 12.6 Å². The number of rotatable bonds is 3. The molecule has 0 bridgehead atoms. The average Bonchev–Trinajstić information content (AvgIpc) is 2.41. The van der Waals surface area contributed by atoms with Crippen LogP contribution in [0.25, 0.3) is 0 Å². The highest BCUT2D eigenvalue weighted by Crippen LogP contribution is 2.34. The number of hydrogen-bond acceptors (Lipinski definition) is 2.